The lowest BCUT2D eigenvalue weighted by Gasteiger charge is -2.27. The predicted octanol–water partition coefficient (Wildman–Crippen LogP) is 2.18. The molecular weight excluding hydrogens is 216 g/mol. The number of hydrogen-bond donors (Lipinski definition) is 1. The molecule has 2 aromatic rings. The van der Waals surface area contributed by atoms with Crippen molar-refractivity contribution in [1.29, 1.82) is 0 Å². The lowest BCUT2D eigenvalue weighted by atomic mass is 9.83. The van der Waals surface area contributed by atoms with Crippen LogP contribution in [0, 0.1) is 5.41 Å². The monoisotopic (exact) mass is 234 g/mol. The first-order valence-corrected chi connectivity index (χ1v) is 5.66. The topological polar surface area (TPSA) is 61.2 Å². The Hall–Kier alpha value is -1.55. The second kappa shape index (κ2) is 3.74. The number of benzene rings is 1. The number of aryl methyl sites for hydroxylation is 1. The number of rotatable bonds is 1. The summed E-state index contributed by atoms with van der Waals surface area (Å²) in [6.07, 6.45) is 0. The van der Waals surface area contributed by atoms with E-state index in [0.717, 1.165) is 11.1 Å². The van der Waals surface area contributed by atoms with E-state index >= 15 is 0 Å². The van der Waals surface area contributed by atoms with Crippen molar-refractivity contribution in [2.75, 3.05) is 0 Å². The molecule has 0 saturated heterocycles. The molecule has 0 amide bonds. The average Bonchev–Trinajstić information content (AvgIpc) is 2.52. The Labute approximate surface area is 100 Å². The van der Waals surface area contributed by atoms with Crippen LogP contribution in [0.25, 0.3) is 11.1 Å². The number of oxazole rings is 1. The number of aromatic nitrogens is 1. The molecule has 92 valence electrons. The summed E-state index contributed by atoms with van der Waals surface area (Å²) in [6, 6.07) is 5.60. The van der Waals surface area contributed by atoms with E-state index in [2.05, 4.69) is 20.8 Å². The van der Waals surface area contributed by atoms with E-state index in [9.17, 15) is 4.79 Å². The number of fused-ring (bicyclic) bond motifs is 1. The maximum absolute atomic E-state index is 11.4. The molecule has 2 N–H and O–H groups in total. The Balaban J connectivity index is 2.56. The van der Waals surface area contributed by atoms with Gasteiger partial charge in [-0.05, 0) is 23.1 Å². The van der Waals surface area contributed by atoms with E-state index in [4.69, 9.17) is 10.2 Å². The summed E-state index contributed by atoms with van der Waals surface area (Å²) in [5.41, 5.74) is 8.53. The van der Waals surface area contributed by atoms with Gasteiger partial charge >= 0.3 is 5.76 Å². The van der Waals surface area contributed by atoms with E-state index in [1.807, 2.05) is 18.2 Å². The van der Waals surface area contributed by atoms with E-state index in [0.29, 0.717) is 5.58 Å². The minimum Gasteiger partial charge on any atom is -0.408 e. The Morgan fingerprint density at radius 2 is 2.00 bits per heavy atom. The second-order valence-corrected chi connectivity index (χ2v) is 5.50. The van der Waals surface area contributed by atoms with Crippen LogP contribution < -0.4 is 11.5 Å². The molecule has 1 aromatic carbocycles. The summed E-state index contributed by atoms with van der Waals surface area (Å²) in [7, 11) is 1.69. The Kier molecular flexibility index (Phi) is 2.62. The van der Waals surface area contributed by atoms with Gasteiger partial charge in [0.1, 0.15) is 0 Å². The summed E-state index contributed by atoms with van der Waals surface area (Å²) < 4.78 is 6.64. The standard InChI is InChI=1S/C13H18N2O2/c1-13(2,3)11(14)8-5-6-9-10(7-8)17-12(16)15(9)4/h5-7,11H,14H2,1-4H3. The quantitative estimate of drug-likeness (QED) is 0.822. The van der Waals surface area contributed by atoms with Crippen molar-refractivity contribution in [2.45, 2.75) is 26.8 Å². The van der Waals surface area contributed by atoms with Crippen molar-refractivity contribution >= 4 is 11.1 Å². The lowest BCUT2D eigenvalue weighted by molar-refractivity contribution is 0.327. The fourth-order valence-electron chi connectivity index (χ4n) is 1.84. The highest BCUT2D eigenvalue weighted by molar-refractivity contribution is 5.73. The third-order valence-electron chi connectivity index (χ3n) is 3.11. The van der Waals surface area contributed by atoms with Crippen molar-refractivity contribution < 1.29 is 4.42 Å². The van der Waals surface area contributed by atoms with Crippen molar-refractivity contribution in [3.63, 3.8) is 0 Å². The van der Waals surface area contributed by atoms with Crippen molar-refractivity contribution in [1.82, 2.24) is 4.57 Å². The average molecular weight is 234 g/mol. The molecule has 1 atom stereocenters. The van der Waals surface area contributed by atoms with Gasteiger partial charge in [-0.2, -0.15) is 0 Å². The summed E-state index contributed by atoms with van der Waals surface area (Å²) in [5.74, 6) is -0.346. The molecule has 0 saturated carbocycles. The van der Waals surface area contributed by atoms with E-state index in [1.165, 1.54) is 4.57 Å². The normalized spacial score (nSPS) is 14.2. The predicted molar refractivity (Wildman–Crippen MR) is 67.8 cm³/mol. The third kappa shape index (κ3) is 2.00. The number of nitrogens with two attached hydrogens (primary N) is 1. The van der Waals surface area contributed by atoms with Crippen LogP contribution in [-0.4, -0.2) is 4.57 Å². The molecule has 1 unspecified atom stereocenters. The zero-order valence-electron chi connectivity index (χ0n) is 10.7. The van der Waals surface area contributed by atoms with Crippen LogP contribution in [0.3, 0.4) is 0 Å². The Morgan fingerprint density at radius 1 is 1.35 bits per heavy atom. The first-order chi connectivity index (χ1) is 7.80. The summed E-state index contributed by atoms with van der Waals surface area (Å²) >= 11 is 0. The smallest absolute Gasteiger partial charge is 0.408 e. The zero-order chi connectivity index (χ0) is 12.8. The molecule has 0 aliphatic heterocycles. The molecule has 0 bridgehead atoms. The molecule has 0 fully saturated rings. The van der Waals surface area contributed by atoms with E-state index in [-0.39, 0.29) is 17.2 Å². The van der Waals surface area contributed by atoms with Crippen LogP contribution in [0.2, 0.25) is 0 Å². The van der Waals surface area contributed by atoms with Crippen molar-refractivity contribution in [3.8, 4) is 0 Å². The highest BCUT2D eigenvalue weighted by Gasteiger charge is 2.23. The molecular formula is C13H18N2O2. The highest BCUT2D eigenvalue weighted by atomic mass is 16.4. The van der Waals surface area contributed by atoms with Crippen LogP contribution in [-0.2, 0) is 7.05 Å². The lowest BCUT2D eigenvalue weighted by Crippen LogP contribution is -2.26. The van der Waals surface area contributed by atoms with Gasteiger partial charge < -0.3 is 10.2 Å². The number of hydrogen-bond acceptors (Lipinski definition) is 3. The van der Waals surface area contributed by atoms with Gasteiger partial charge in [-0.3, -0.25) is 4.57 Å². The first kappa shape index (κ1) is 11.9. The van der Waals surface area contributed by atoms with Crippen molar-refractivity contribution in [2.24, 2.45) is 18.2 Å². The SMILES string of the molecule is Cn1c(=O)oc2cc(C(N)C(C)(C)C)ccc21. The molecule has 0 aliphatic rings. The van der Waals surface area contributed by atoms with Gasteiger partial charge in [-0.1, -0.05) is 26.8 Å². The van der Waals surface area contributed by atoms with Crippen LogP contribution >= 0.6 is 0 Å². The summed E-state index contributed by atoms with van der Waals surface area (Å²) in [6.45, 7) is 6.26. The molecule has 0 radical (unpaired) electrons. The molecule has 0 aliphatic carbocycles. The molecule has 17 heavy (non-hydrogen) atoms. The van der Waals surface area contributed by atoms with Gasteiger partial charge in [0, 0.05) is 13.1 Å². The summed E-state index contributed by atoms with van der Waals surface area (Å²) in [5, 5.41) is 0. The molecule has 1 aromatic heterocycles. The third-order valence-corrected chi connectivity index (χ3v) is 3.11. The minimum atomic E-state index is -0.346. The van der Waals surface area contributed by atoms with Gasteiger partial charge in [0.25, 0.3) is 0 Å². The fourth-order valence-corrected chi connectivity index (χ4v) is 1.84. The largest absolute Gasteiger partial charge is 0.419 e. The Bertz CT molecular complexity index is 602. The van der Waals surface area contributed by atoms with Gasteiger partial charge in [-0.25, -0.2) is 4.79 Å². The van der Waals surface area contributed by atoms with E-state index in [1.54, 1.807) is 7.05 Å². The van der Waals surface area contributed by atoms with E-state index < -0.39 is 0 Å². The highest BCUT2D eigenvalue weighted by Crippen LogP contribution is 2.31. The van der Waals surface area contributed by atoms with Gasteiger partial charge in [0.05, 0.1) is 5.52 Å². The van der Waals surface area contributed by atoms with Crippen molar-refractivity contribution in [3.05, 3.63) is 34.3 Å². The minimum absolute atomic E-state index is 0.0250. The van der Waals surface area contributed by atoms with Gasteiger partial charge in [0.15, 0.2) is 5.58 Å². The molecule has 0 spiro atoms. The molecule has 4 heteroatoms. The van der Waals surface area contributed by atoms with Crippen LogP contribution in [0.4, 0.5) is 0 Å². The van der Waals surface area contributed by atoms with Crippen LogP contribution in [0.5, 0.6) is 0 Å². The fraction of sp³-hybridized carbons (Fsp3) is 0.462. The van der Waals surface area contributed by atoms with Crippen LogP contribution in [0.15, 0.2) is 27.4 Å². The van der Waals surface area contributed by atoms with Gasteiger partial charge in [-0.15, -0.1) is 0 Å². The Morgan fingerprint density at radius 3 is 2.59 bits per heavy atom. The zero-order valence-corrected chi connectivity index (χ0v) is 10.7. The molecule has 2 rings (SSSR count). The maximum Gasteiger partial charge on any atom is 0.419 e. The second-order valence-electron chi connectivity index (χ2n) is 5.50. The molecule has 4 nitrogen and oxygen atoms in total. The molecule has 1 heterocycles. The van der Waals surface area contributed by atoms with Gasteiger partial charge in [0.2, 0.25) is 0 Å². The number of nitrogens with zero attached hydrogens (tertiary/aromatic N) is 1. The van der Waals surface area contributed by atoms with Crippen LogP contribution in [0.1, 0.15) is 32.4 Å². The first-order valence-electron chi connectivity index (χ1n) is 5.66. The maximum atomic E-state index is 11.4. The summed E-state index contributed by atoms with van der Waals surface area (Å²) in [4.78, 5) is 11.4.